The topological polar surface area (TPSA) is 47.6 Å². The maximum atomic E-state index is 10.9. The normalized spacial score (nSPS) is 38.8. The Morgan fingerprint density at radius 2 is 2.54 bits per heavy atom. The van der Waals surface area contributed by atoms with Crippen LogP contribution in [0.25, 0.3) is 0 Å². The molecule has 0 bridgehead atoms. The Hall–Kier alpha value is -0.770. The van der Waals surface area contributed by atoms with Gasteiger partial charge in [0.25, 0.3) is 0 Å². The molecule has 2 rings (SSSR count). The maximum absolute atomic E-state index is 10.9. The average Bonchev–Trinajstić information content (AvgIpc) is 2.47. The van der Waals surface area contributed by atoms with Crippen molar-refractivity contribution >= 4 is 6.09 Å². The number of carbonyl (C=O) groups is 1. The predicted molar refractivity (Wildman–Crippen MR) is 46.5 cm³/mol. The van der Waals surface area contributed by atoms with Crippen molar-refractivity contribution in [3.05, 3.63) is 0 Å². The standard InChI is InChI=1S/C9H15NO3/c1-12-7-3-2-4-9(5-7)6-10-8(11)13-9/h7H,2-6H2,1H3,(H,10,11). The second kappa shape index (κ2) is 3.18. The minimum atomic E-state index is -0.281. The van der Waals surface area contributed by atoms with Crippen LogP contribution in [0.3, 0.4) is 0 Å². The lowest BCUT2D eigenvalue weighted by Crippen LogP contribution is -2.41. The SMILES string of the molecule is COC1CCCC2(CNC(=O)O2)C1. The highest BCUT2D eigenvalue weighted by atomic mass is 16.6. The lowest BCUT2D eigenvalue weighted by Gasteiger charge is -2.34. The number of nitrogens with one attached hydrogen (secondary N) is 1. The fourth-order valence-corrected chi connectivity index (χ4v) is 2.23. The Bertz CT molecular complexity index is 219. The first kappa shape index (κ1) is 8.81. The number of ether oxygens (including phenoxy) is 2. The summed E-state index contributed by atoms with van der Waals surface area (Å²) in [6.45, 7) is 0.645. The van der Waals surface area contributed by atoms with Gasteiger partial charge in [-0.1, -0.05) is 0 Å². The molecule has 1 amide bonds. The Morgan fingerprint density at radius 1 is 1.69 bits per heavy atom. The van der Waals surface area contributed by atoms with E-state index in [1.807, 2.05) is 0 Å². The molecule has 1 spiro atoms. The van der Waals surface area contributed by atoms with E-state index in [9.17, 15) is 4.79 Å². The third-order valence-electron chi connectivity index (χ3n) is 2.96. The van der Waals surface area contributed by atoms with Crippen molar-refractivity contribution in [3.8, 4) is 0 Å². The van der Waals surface area contributed by atoms with Crippen LogP contribution in [0.5, 0.6) is 0 Å². The van der Waals surface area contributed by atoms with Crippen LogP contribution >= 0.6 is 0 Å². The molecule has 4 heteroatoms. The molecular weight excluding hydrogens is 170 g/mol. The molecule has 13 heavy (non-hydrogen) atoms. The third kappa shape index (κ3) is 1.63. The summed E-state index contributed by atoms with van der Waals surface area (Å²) in [5.41, 5.74) is -0.268. The molecule has 2 atom stereocenters. The molecular formula is C9H15NO3. The lowest BCUT2D eigenvalue weighted by molar-refractivity contribution is -0.0397. The van der Waals surface area contributed by atoms with E-state index < -0.39 is 0 Å². The van der Waals surface area contributed by atoms with Crippen LogP contribution < -0.4 is 5.32 Å². The number of rotatable bonds is 1. The Morgan fingerprint density at radius 3 is 3.15 bits per heavy atom. The molecule has 0 aromatic carbocycles. The van der Waals surface area contributed by atoms with Gasteiger partial charge < -0.3 is 14.8 Å². The molecule has 2 aliphatic rings. The van der Waals surface area contributed by atoms with Crippen molar-refractivity contribution in [1.82, 2.24) is 5.32 Å². The van der Waals surface area contributed by atoms with E-state index in [0.29, 0.717) is 6.54 Å². The molecule has 1 saturated heterocycles. The van der Waals surface area contributed by atoms with Gasteiger partial charge in [0.05, 0.1) is 12.6 Å². The summed E-state index contributed by atoms with van der Waals surface area (Å²) in [5.74, 6) is 0. The minimum Gasteiger partial charge on any atom is -0.441 e. The molecule has 1 N–H and O–H groups in total. The van der Waals surface area contributed by atoms with Crippen LogP contribution in [0, 0.1) is 0 Å². The molecule has 0 aromatic heterocycles. The monoisotopic (exact) mass is 185 g/mol. The largest absolute Gasteiger partial charge is 0.441 e. The molecule has 1 heterocycles. The third-order valence-corrected chi connectivity index (χ3v) is 2.96. The van der Waals surface area contributed by atoms with E-state index >= 15 is 0 Å². The number of alkyl carbamates (subject to hydrolysis) is 1. The van der Waals surface area contributed by atoms with Crippen molar-refractivity contribution in [2.75, 3.05) is 13.7 Å². The first-order valence-electron chi connectivity index (χ1n) is 4.74. The van der Waals surface area contributed by atoms with E-state index in [0.717, 1.165) is 25.7 Å². The van der Waals surface area contributed by atoms with Crippen molar-refractivity contribution in [2.45, 2.75) is 37.4 Å². The van der Waals surface area contributed by atoms with Gasteiger partial charge >= 0.3 is 6.09 Å². The van der Waals surface area contributed by atoms with E-state index in [1.165, 1.54) is 0 Å². The second-order valence-corrected chi connectivity index (χ2v) is 3.88. The fourth-order valence-electron chi connectivity index (χ4n) is 2.23. The summed E-state index contributed by atoms with van der Waals surface area (Å²) < 4.78 is 10.6. The van der Waals surface area contributed by atoms with Gasteiger partial charge in [0, 0.05) is 13.5 Å². The first-order valence-corrected chi connectivity index (χ1v) is 4.74. The highest BCUT2D eigenvalue weighted by Gasteiger charge is 2.44. The van der Waals surface area contributed by atoms with Gasteiger partial charge in [-0.05, 0) is 19.3 Å². The Balaban J connectivity index is 2.02. The molecule has 2 fully saturated rings. The smallest absolute Gasteiger partial charge is 0.407 e. The molecule has 0 aromatic rings. The molecule has 0 radical (unpaired) electrons. The highest BCUT2D eigenvalue weighted by molar-refractivity contribution is 5.70. The van der Waals surface area contributed by atoms with Gasteiger partial charge in [-0.15, -0.1) is 0 Å². The van der Waals surface area contributed by atoms with E-state index in [1.54, 1.807) is 7.11 Å². The second-order valence-electron chi connectivity index (χ2n) is 3.88. The quantitative estimate of drug-likeness (QED) is 0.664. The summed E-state index contributed by atoms with van der Waals surface area (Å²) in [6.07, 6.45) is 3.93. The average molecular weight is 185 g/mol. The van der Waals surface area contributed by atoms with Gasteiger partial charge in [0.15, 0.2) is 0 Å². The molecule has 1 aliphatic heterocycles. The van der Waals surface area contributed by atoms with Gasteiger partial charge in [-0.25, -0.2) is 4.79 Å². The van der Waals surface area contributed by atoms with Crippen molar-refractivity contribution in [1.29, 1.82) is 0 Å². The van der Waals surface area contributed by atoms with Crippen LogP contribution in [0.1, 0.15) is 25.7 Å². The molecule has 74 valence electrons. The minimum absolute atomic E-state index is 0.251. The van der Waals surface area contributed by atoms with Crippen LogP contribution in [0.4, 0.5) is 4.79 Å². The summed E-state index contributed by atoms with van der Waals surface area (Å²) in [5, 5.41) is 2.71. The van der Waals surface area contributed by atoms with Crippen LogP contribution in [-0.2, 0) is 9.47 Å². The van der Waals surface area contributed by atoms with Crippen molar-refractivity contribution in [2.24, 2.45) is 0 Å². The van der Waals surface area contributed by atoms with Crippen molar-refractivity contribution < 1.29 is 14.3 Å². The summed E-state index contributed by atoms with van der Waals surface area (Å²) in [7, 11) is 1.72. The fraction of sp³-hybridized carbons (Fsp3) is 0.889. The van der Waals surface area contributed by atoms with E-state index in [4.69, 9.17) is 9.47 Å². The van der Waals surface area contributed by atoms with Crippen molar-refractivity contribution in [3.63, 3.8) is 0 Å². The Labute approximate surface area is 77.6 Å². The summed E-state index contributed by atoms with van der Waals surface area (Å²) >= 11 is 0. The van der Waals surface area contributed by atoms with Gasteiger partial charge in [-0.2, -0.15) is 0 Å². The van der Waals surface area contributed by atoms with Crippen LogP contribution in [0.2, 0.25) is 0 Å². The maximum Gasteiger partial charge on any atom is 0.407 e. The number of methoxy groups -OCH3 is 1. The van der Waals surface area contributed by atoms with Crippen LogP contribution in [0.15, 0.2) is 0 Å². The number of carbonyl (C=O) groups excluding carboxylic acids is 1. The number of hydrogen-bond donors (Lipinski definition) is 1. The van der Waals surface area contributed by atoms with Crippen LogP contribution in [-0.4, -0.2) is 31.5 Å². The predicted octanol–water partition coefficient (Wildman–Crippen LogP) is 1.05. The highest BCUT2D eigenvalue weighted by Crippen LogP contribution is 2.34. The van der Waals surface area contributed by atoms with Gasteiger partial charge in [0.2, 0.25) is 0 Å². The van der Waals surface area contributed by atoms with E-state index in [-0.39, 0.29) is 17.8 Å². The van der Waals surface area contributed by atoms with Gasteiger partial charge in [0.1, 0.15) is 5.60 Å². The van der Waals surface area contributed by atoms with Gasteiger partial charge in [-0.3, -0.25) is 0 Å². The zero-order valence-corrected chi connectivity index (χ0v) is 7.84. The number of amides is 1. The lowest BCUT2D eigenvalue weighted by atomic mass is 9.83. The molecule has 1 aliphatic carbocycles. The number of hydrogen-bond acceptors (Lipinski definition) is 3. The zero-order valence-electron chi connectivity index (χ0n) is 7.84. The Kier molecular flexibility index (Phi) is 2.15. The first-order chi connectivity index (χ1) is 6.24. The van der Waals surface area contributed by atoms with E-state index in [2.05, 4.69) is 5.32 Å². The molecule has 2 unspecified atom stereocenters. The molecule has 4 nitrogen and oxygen atoms in total. The summed E-state index contributed by atoms with van der Waals surface area (Å²) in [4.78, 5) is 10.9. The summed E-state index contributed by atoms with van der Waals surface area (Å²) in [6, 6.07) is 0. The zero-order chi connectivity index (χ0) is 9.31. The molecule has 1 saturated carbocycles.